The minimum absolute atomic E-state index is 0.336. The normalized spacial score (nSPS) is 31.9. The molecule has 1 atom stereocenters. The molecular formula is C5H12N2O. The molecule has 0 spiro atoms. The molecular weight excluding hydrogens is 104 g/mol. The Balaban J connectivity index is 2.17. The molecule has 0 amide bonds. The van der Waals surface area contributed by atoms with Gasteiger partial charge in [-0.1, -0.05) is 0 Å². The molecule has 1 aliphatic rings. The maximum Gasteiger partial charge on any atom is 0.117 e. The summed E-state index contributed by atoms with van der Waals surface area (Å²) in [6, 6.07) is 0. The molecule has 0 saturated carbocycles. The highest BCUT2D eigenvalue weighted by Crippen LogP contribution is 1.82. The average Bonchev–Trinajstić information content (AvgIpc) is 1.94. The van der Waals surface area contributed by atoms with Crippen LogP contribution in [-0.2, 0) is 0 Å². The number of nitrogens with one attached hydrogen (secondary N) is 2. The van der Waals surface area contributed by atoms with Crippen LogP contribution in [0, 0.1) is 0 Å². The van der Waals surface area contributed by atoms with Gasteiger partial charge in [-0.15, -0.1) is 0 Å². The number of hydrogen-bond donors (Lipinski definition) is 3. The molecule has 1 heterocycles. The summed E-state index contributed by atoms with van der Waals surface area (Å²) >= 11 is 0. The molecule has 3 N–H and O–H groups in total. The highest BCUT2D eigenvalue weighted by Gasteiger charge is 2.04. The summed E-state index contributed by atoms with van der Waals surface area (Å²) < 4.78 is 0. The Kier molecular flexibility index (Phi) is 2.27. The lowest BCUT2D eigenvalue weighted by atomic mass is 10.4. The van der Waals surface area contributed by atoms with E-state index in [4.69, 9.17) is 5.11 Å². The van der Waals surface area contributed by atoms with Crippen molar-refractivity contribution in [1.82, 2.24) is 10.6 Å². The highest BCUT2D eigenvalue weighted by atomic mass is 16.3. The third kappa shape index (κ3) is 1.78. The minimum atomic E-state index is -0.336. The zero-order chi connectivity index (χ0) is 5.82. The van der Waals surface area contributed by atoms with Gasteiger partial charge in [0.25, 0.3) is 0 Å². The average molecular weight is 116 g/mol. The molecule has 1 aliphatic heterocycles. The topological polar surface area (TPSA) is 44.3 Å². The first-order valence-corrected chi connectivity index (χ1v) is 3.02. The summed E-state index contributed by atoms with van der Waals surface area (Å²) in [5.41, 5.74) is 0. The third-order valence-corrected chi connectivity index (χ3v) is 1.25. The lowest BCUT2D eigenvalue weighted by Gasteiger charge is -2.05. The first kappa shape index (κ1) is 6.01. The van der Waals surface area contributed by atoms with Crippen LogP contribution in [0.3, 0.4) is 0 Å². The summed E-state index contributed by atoms with van der Waals surface area (Å²) in [5, 5.41) is 14.9. The lowest BCUT2D eigenvalue weighted by molar-refractivity contribution is 0.145. The van der Waals surface area contributed by atoms with Crippen LogP contribution in [0.2, 0.25) is 0 Å². The zero-order valence-corrected chi connectivity index (χ0v) is 4.85. The highest BCUT2D eigenvalue weighted by molar-refractivity contribution is 4.62. The van der Waals surface area contributed by atoms with E-state index < -0.39 is 0 Å². The molecule has 1 fully saturated rings. The molecule has 0 bridgehead atoms. The van der Waals surface area contributed by atoms with Crippen LogP contribution >= 0.6 is 0 Å². The van der Waals surface area contributed by atoms with Gasteiger partial charge in [-0.05, 0) is 19.5 Å². The monoisotopic (exact) mass is 116 g/mol. The molecule has 0 aromatic carbocycles. The summed E-state index contributed by atoms with van der Waals surface area (Å²) in [6.07, 6.45) is 0.773. The second-order valence-corrected chi connectivity index (χ2v) is 2.03. The fourth-order valence-corrected chi connectivity index (χ4v) is 0.793. The summed E-state index contributed by atoms with van der Waals surface area (Å²) in [5.74, 6) is 0. The number of aliphatic hydroxyl groups excluding tert-OH is 1. The number of aliphatic hydroxyl groups is 1. The maximum atomic E-state index is 8.92. The molecule has 1 unspecified atom stereocenters. The van der Waals surface area contributed by atoms with Gasteiger partial charge in [0.05, 0.1) is 0 Å². The summed E-state index contributed by atoms with van der Waals surface area (Å²) in [6.45, 7) is 2.62. The Bertz CT molecular complexity index is 59.4. The SMILES string of the molecule is OC1CNCCCN1. The summed E-state index contributed by atoms with van der Waals surface area (Å²) in [4.78, 5) is 0. The van der Waals surface area contributed by atoms with Crippen LogP contribution in [0.1, 0.15) is 6.42 Å². The van der Waals surface area contributed by atoms with Crippen molar-refractivity contribution in [2.75, 3.05) is 19.6 Å². The van der Waals surface area contributed by atoms with E-state index in [0.717, 1.165) is 19.5 Å². The molecule has 0 aromatic rings. The van der Waals surface area contributed by atoms with Gasteiger partial charge >= 0.3 is 0 Å². The van der Waals surface area contributed by atoms with Crippen molar-refractivity contribution in [3.8, 4) is 0 Å². The first-order chi connectivity index (χ1) is 3.89. The second kappa shape index (κ2) is 3.02. The quantitative estimate of drug-likeness (QED) is 0.376. The first-order valence-electron chi connectivity index (χ1n) is 3.02. The van der Waals surface area contributed by atoms with Gasteiger partial charge in [0, 0.05) is 6.54 Å². The Morgan fingerprint density at radius 2 is 2.25 bits per heavy atom. The largest absolute Gasteiger partial charge is 0.377 e. The van der Waals surface area contributed by atoms with Crippen LogP contribution in [0.4, 0.5) is 0 Å². The van der Waals surface area contributed by atoms with E-state index in [0.29, 0.717) is 6.54 Å². The van der Waals surface area contributed by atoms with Crippen molar-refractivity contribution in [3.63, 3.8) is 0 Å². The molecule has 0 aliphatic carbocycles. The van der Waals surface area contributed by atoms with Crippen LogP contribution in [0.25, 0.3) is 0 Å². The fraction of sp³-hybridized carbons (Fsp3) is 1.00. The van der Waals surface area contributed by atoms with E-state index in [1.165, 1.54) is 0 Å². The predicted octanol–water partition coefficient (Wildman–Crippen LogP) is -1.11. The Hall–Kier alpha value is -0.120. The van der Waals surface area contributed by atoms with Gasteiger partial charge in [-0.25, -0.2) is 0 Å². The van der Waals surface area contributed by atoms with E-state index in [2.05, 4.69) is 10.6 Å². The van der Waals surface area contributed by atoms with Crippen molar-refractivity contribution in [2.45, 2.75) is 12.6 Å². The van der Waals surface area contributed by atoms with E-state index in [1.807, 2.05) is 0 Å². The molecule has 0 radical (unpaired) electrons. The number of rotatable bonds is 0. The van der Waals surface area contributed by atoms with Crippen LogP contribution in [-0.4, -0.2) is 31.0 Å². The van der Waals surface area contributed by atoms with E-state index in [-0.39, 0.29) is 6.23 Å². The standard InChI is InChI=1S/C5H12N2O/c8-5-4-6-2-1-3-7-5/h5-8H,1-4H2. The van der Waals surface area contributed by atoms with Gasteiger partial charge in [0.2, 0.25) is 0 Å². The lowest BCUT2D eigenvalue weighted by Crippen LogP contribution is -2.34. The fourth-order valence-electron chi connectivity index (χ4n) is 0.793. The second-order valence-electron chi connectivity index (χ2n) is 2.03. The smallest absolute Gasteiger partial charge is 0.117 e. The van der Waals surface area contributed by atoms with Crippen molar-refractivity contribution < 1.29 is 5.11 Å². The molecule has 3 nitrogen and oxygen atoms in total. The van der Waals surface area contributed by atoms with Gasteiger partial charge in [-0.3, -0.25) is 5.32 Å². The maximum absolute atomic E-state index is 8.92. The number of β-amino-alcohol motifs (C(OH)–C–C–N with tert-alkyl or cyclic N) is 1. The minimum Gasteiger partial charge on any atom is -0.377 e. The Labute approximate surface area is 49.1 Å². The number of hydrogen-bond acceptors (Lipinski definition) is 3. The summed E-state index contributed by atoms with van der Waals surface area (Å²) in [7, 11) is 0. The predicted molar refractivity (Wildman–Crippen MR) is 31.5 cm³/mol. The van der Waals surface area contributed by atoms with Crippen molar-refractivity contribution >= 4 is 0 Å². The van der Waals surface area contributed by atoms with E-state index in [1.54, 1.807) is 0 Å². The van der Waals surface area contributed by atoms with Crippen LogP contribution in [0.5, 0.6) is 0 Å². The molecule has 3 heteroatoms. The molecule has 1 saturated heterocycles. The molecule has 1 rings (SSSR count). The van der Waals surface area contributed by atoms with Crippen LogP contribution in [0.15, 0.2) is 0 Å². The van der Waals surface area contributed by atoms with E-state index in [9.17, 15) is 0 Å². The van der Waals surface area contributed by atoms with Crippen LogP contribution < -0.4 is 10.6 Å². The molecule has 8 heavy (non-hydrogen) atoms. The van der Waals surface area contributed by atoms with Crippen molar-refractivity contribution in [2.24, 2.45) is 0 Å². The third-order valence-electron chi connectivity index (χ3n) is 1.25. The van der Waals surface area contributed by atoms with Gasteiger partial charge in [0.1, 0.15) is 6.23 Å². The molecule has 48 valence electrons. The van der Waals surface area contributed by atoms with Gasteiger partial charge in [0.15, 0.2) is 0 Å². The van der Waals surface area contributed by atoms with E-state index >= 15 is 0 Å². The van der Waals surface area contributed by atoms with Gasteiger partial charge < -0.3 is 10.4 Å². The zero-order valence-electron chi connectivity index (χ0n) is 4.85. The van der Waals surface area contributed by atoms with Crippen molar-refractivity contribution in [1.29, 1.82) is 0 Å². The molecule has 0 aromatic heterocycles. The van der Waals surface area contributed by atoms with Gasteiger partial charge in [-0.2, -0.15) is 0 Å². The van der Waals surface area contributed by atoms with Crippen molar-refractivity contribution in [3.05, 3.63) is 0 Å². The Morgan fingerprint density at radius 3 is 3.12 bits per heavy atom. The Morgan fingerprint density at radius 1 is 1.38 bits per heavy atom.